The van der Waals surface area contributed by atoms with Gasteiger partial charge in [0.15, 0.2) is 6.10 Å². The van der Waals surface area contributed by atoms with Crippen molar-refractivity contribution in [3.05, 3.63) is 0 Å². The normalized spacial score (nSPS) is 11.8. The van der Waals surface area contributed by atoms with Gasteiger partial charge in [-0.2, -0.15) is 0 Å². The summed E-state index contributed by atoms with van der Waals surface area (Å²) in [7, 11) is 3.79. The van der Waals surface area contributed by atoms with Crippen LogP contribution in [0.25, 0.3) is 0 Å². The minimum absolute atomic E-state index is 0.0313. The number of esters is 4. The number of carboxylic acid groups (broad SMARTS) is 1. The zero-order valence-electron chi connectivity index (χ0n) is 29.2. The third-order valence-corrected chi connectivity index (χ3v) is 7.59. The molecule has 0 amide bonds. The molecule has 0 aromatic rings. The third kappa shape index (κ3) is 28.8. The van der Waals surface area contributed by atoms with Crippen molar-refractivity contribution in [3.8, 4) is 0 Å². The van der Waals surface area contributed by atoms with Crippen LogP contribution < -0.4 is 0 Å². The monoisotopic (exact) mass is 657 g/mol. The van der Waals surface area contributed by atoms with E-state index in [9.17, 15) is 24.0 Å². The van der Waals surface area contributed by atoms with Gasteiger partial charge in [0, 0.05) is 32.1 Å². The molecule has 0 saturated heterocycles. The predicted molar refractivity (Wildman–Crippen MR) is 176 cm³/mol. The van der Waals surface area contributed by atoms with Crippen molar-refractivity contribution in [2.45, 2.75) is 148 Å². The third-order valence-electron chi connectivity index (χ3n) is 7.59. The van der Waals surface area contributed by atoms with Gasteiger partial charge in [0.05, 0.1) is 6.61 Å². The highest BCUT2D eigenvalue weighted by atomic mass is 16.6. The molecule has 0 heterocycles. The Balaban J connectivity index is 4.54. The van der Waals surface area contributed by atoms with Gasteiger partial charge in [-0.25, -0.2) is 0 Å². The van der Waals surface area contributed by atoms with Gasteiger partial charge in [-0.05, 0) is 71.5 Å². The number of ether oxygens (including phenoxy) is 4. The van der Waals surface area contributed by atoms with Crippen LogP contribution in [0.15, 0.2) is 0 Å². The summed E-state index contributed by atoms with van der Waals surface area (Å²) in [6.45, 7) is 5.03. The van der Waals surface area contributed by atoms with E-state index in [1.165, 1.54) is 51.4 Å². The lowest BCUT2D eigenvalue weighted by Crippen LogP contribution is -2.31. The zero-order valence-corrected chi connectivity index (χ0v) is 29.2. The van der Waals surface area contributed by atoms with Crippen LogP contribution in [-0.4, -0.2) is 86.4 Å². The Kier molecular flexibility index (Phi) is 28.0. The molecule has 0 aliphatic rings. The van der Waals surface area contributed by atoms with E-state index in [1.807, 2.05) is 19.0 Å². The average molecular weight is 658 g/mol. The minimum Gasteiger partial charge on any atom is -0.481 e. The summed E-state index contributed by atoms with van der Waals surface area (Å²) in [5.41, 5.74) is 0. The summed E-state index contributed by atoms with van der Waals surface area (Å²) in [6, 6.07) is 0. The number of hydrogen-bond acceptors (Lipinski definition) is 10. The van der Waals surface area contributed by atoms with Gasteiger partial charge in [0.2, 0.25) is 0 Å². The summed E-state index contributed by atoms with van der Waals surface area (Å²) in [5.74, 6) is -2.30. The highest BCUT2D eigenvalue weighted by Crippen LogP contribution is 2.19. The van der Waals surface area contributed by atoms with E-state index in [2.05, 4.69) is 13.8 Å². The van der Waals surface area contributed by atoms with Gasteiger partial charge in [-0.15, -0.1) is 0 Å². The van der Waals surface area contributed by atoms with Crippen LogP contribution in [0.2, 0.25) is 0 Å². The highest BCUT2D eigenvalue weighted by Gasteiger charge is 2.20. The van der Waals surface area contributed by atoms with Crippen LogP contribution >= 0.6 is 0 Å². The van der Waals surface area contributed by atoms with Gasteiger partial charge in [-0.3, -0.25) is 24.0 Å². The Morgan fingerprint density at radius 1 is 0.543 bits per heavy atom. The number of nitrogens with zero attached hydrogens (tertiary/aromatic N) is 1. The first-order valence-corrected chi connectivity index (χ1v) is 17.6. The topological polar surface area (TPSA) is 146 Å². The second kappa shape index (κ2) is 29.7. The van der Waals surface area contributed by atoms with Gasteiger partial charge < -0.3 is 29.0 Å². The SMILES string of the molecule is CCCCCCC(CCCCCC)COC(=O)CCCCC(=O)OCC(COC(=O)CCCCC(=O)O)OC(=O)CCCN(C)C. The van der Waals surface area contributed by atoms with E-state index in [4.69, 9.17) is 24.1 Å². The molecule has 0 aliphatic carbocycles. The van der Waals surface area contributed by atoms with Gasteiger partial charge >= 0.3 is 29.8 Å². The van der Waals surface area contributed by atoms with Gasteiger partial charge in [0.1, 0.15) is 13.2 Å². The molecule has 0 aromatic heterocycles. The molecule has 0 bridgehead atoms. The second-order valence-electron chi connectivity index (χ2n) is 12.4. The van der Waals surface area contributed by atoms with Gasteiger partial charge in [0.25, 0.3) is 0 Å². The number of rotatable bonds is 31. The summed E-state index contributed by atoms with van der Waals surface area (Å²) in [6.07, 6.45) is 13.6. The van der Waals surface area contributed by atoms with E-state index in [-0.39, 0.29) is 51.3 Å². The fourth-order valence-corrected chi connectivity index (χ4v) is 4.81. The molecule has 0 rings (SSSR count). The van der Waals surface area contributed by atoms with Crippen LogP contribution in [0.4, 0.5) is 0 Å². The highest BCUT2D eigenvalue weighted by molar-refractivity contribution is 5.71. The van der Waals surface area contributed by atoms with E-state index >= 15 is 0 Å². The van der Waals surface area contributed by atoms with Crippen LogP contribution in [-0.2, 0) is 42.9 Å². The molecule has 0 spiro atoms. The van der Waals surface area contributed by atoms with Crippen molar-refractivity contribution in [2.75, 3.05) is 40.5 Å². The summed E-state index contributed by atoms with van der Waals surface area (Å²) in [4.78, 5) is 61.6. The first-order chi connectivity index (χ1) is 22.1. The van der Waals surface area contributed by atoms with E-state index < -0.39 is 30.0 Å². The lowest BCUT2D eigenvalue weighted by atomic mass is 9.95. The number of hydrogen-bond donors (Lipinski definition) is 1. The van der Waals surface area contributed by atoms with E-state index in [0.29, 0.717) is 51.2 Å². The molecular weight excluding hydrogens is 594 g/mol. The molecule has 0 saturated carbocycles. The standard InChI is InChI=1S/C35H63NO10/c1-5-7-9-11-18-29(19-12-10-8-6-2)26-43-32(39)22-15-16-23-34(41)45-28-30(46-35(42)24-17-25-36(3)4)27-44-33(40)21-14-13-20-31(37)38/h29-30H,5-28H2,1-4H3,(H,37,38). The second-order valence-corrected chi connectivity index (χ2v) is 12.4. The Morgan fingerprint density at radius 3 is 1.41 bits per heavy atom. The molecule has 1 atom stereocenters. The maximum Gasteiger partial charge on any atom is 0.306 e. The number of unbranched alkanes of at least 4 members (excludes halogenated alkanes) is 8. The number of aliphatic carboxylic acids is 1. The quantitative estimate of drug-likeness (QED) is 0.0487. The molecule has 0 aliphatic heterocycles. The number of carbonyl (C=O) groups excluding carboxylic acids is 4. The first kappa shape index (κ1) is 43.3. The van der Waals surface area contributed by atoms with E-state index in [0.717, 1.165) is 12.8 Å². The minimum atomic E-state index is -0.953. The zero-order chi connectivity index (χ0) is 34.4. The van der Waals surface area contributed by atoms with Crippen molar-refractivity contribution in [2.24, 2.45) is 5.92 Å². The molecule has 0 radical (unpaired) electrons. The fraction of sp³-hybridized carbons (Fsp3) is 0.857. The fourth-order valence-electron chi connectivity index (χ4n) is 4.81. The molecule has 0 aromatic carbocycles. The average Bonchev–Trinajstić information content (AvgIpc) is 3.01. The lowest BCUT2D eigenvalue weighted by Gasteiger charge is -2.18. The Bertz CT molecular complexity index is 820. The van der Waals surface area contributed by atoms with Crippen LogP contribution in [0.5, 0.6) is 0 Å². The first-order valence-electron chi connectivity index (χ1n) is 17.6. The summed E-state index contributed by atoms with van der Waals surface area (Å²) >= 11 is 0. The maximum atomic E-state index is 12.4. The number of carboxylic acids is 1. The van der Waals surface area contributed by atoms with Crippen LogP contribution in [0, 0.1) is 5.92 Å². The van der Waals surface area contributed by atoms with Crippen molar-refractivity contribution in [3.63, 3.8) is 0 Å². The molecule has 1 N–H and O–H groups in total. The predicted octanol–water partition coefficient (Wildman–Crippen LogP) is 6.63. The lowest BCUT2D eigenvalue weighted by molar-refractivity contribution is -0.167. The molecule has 1 unspecified atom stereocenters. The maximum absolute atomic E-state index is 12.4. The van der Waals surface area contributed by atoms with Crippen molar-refractivity contribution in [1.29, 1.82) is 0 Å². The Morgan fingerprint density at radius 2 is 0.978 bits per heavy atom. The largest absolute Gasteiger partial charge is 0.481 e. The molecule has 46 heavy (non-hydrogen) atoms. The Hall–Kier alpha value is -2.69. The van der Waals surface area contributed by atoms with Gasteiger partial charge in [-0.1, -0.05) is 65.2 Å². The molecular formula is C35H63NO10. The van der Waals surface area contributed by atoms with Crippen LogP contribution in [0.1, 0.15) is 142 Å². The molecule has 0 fully saturated rings. The van der Waals surface area contributed by atoms with E-state index in [1.54, 1.807) is 0 Å². The molecule has 268 valence electrons. The summed E-state index contributed by atoms with van der Waals surface area (Å²) in [5, 5.41) is 8.71. The smallest absolute Gasteiger partial charge is 0.306 e. The van der Waals surface area contributed by atoms with Crippen molar-refractivity contribution >= 4 is 29.8 Å². The Labute approximate surface area is 277 Å². The van der Waals surface area contributed by atoms with Crippen LogP contribution in [0.3, 0.4) is 0 Å². The van der Waals surface area contributed by atoms with Crippen molar-refractivity contribution in [1.82, 2.24) is 4.90 Å². The molecule has 11 nitrogen and oxygen atoms in total. The molecule has 11 heteroatoms. The van der Waals surface area contributed by atoms with Crippen molar-refractivity contribution < 1.29 is 48.0 Å². The summed E-state index contributed by atoms with van der Waals surface area (Å²) < 4.78 is 21.5. The number of carbonyl (C=O) groups is 5.